The van der Waals surface area contributed by atoms with Crippen molar-refractivity contribution in [3.8, 4) is 11.5 Å². The van der Waals surface area contributed by atoms with Gasteiger partial charge in [-0.1, -0.05) is 6.07 Å². The smallest absolute Gasteiger partial charge is 0.322 e. The molecule has 0 spiro atoms. The van der Waals surface area contributed by atoms with Crippen molar-refractivity contribution < 1.29 is 19.4 Å². The molecule has 0 aliphatic heterocycles. The average molecular weight is 268 g/mol. The third-order valence-corrected chi connectivity index (χ3v) is 2.80. The Morgan fingerprint density at radius 3 is 2.63 bits per heavy atom. The van der Waals surface area contributed by atoms with Gasteiger partial charge in [0.2, 0.25) is 0 Å². The van der Waals surface area contributed by atoms with Crippen molar-refractivity contribution in [1.82, 2.24) is 10.6 Å². The molecular weight excluding hydrogens is 248 g/mol. The molecule has 0 saturated carbocycles. The monoisotopic (exact) mass is 268 g/mol. The Morgan fingerprint density at radius 2 is 2.11 bits per heavy atom. The van der Waals surface area contributed by atoms with Gasteiger partial charge in [0.15, 0.2) is 0 Å². The van der Waals surface area contributed by atoms with Crippen molar-refractivity contribution in [1.29, 1.82) is 0 Å². The molecule has 6 heteroatoms. The highest BCUT2D eigenvalue weighted by Gasteiger charge is 2.14. The maximum absolute atomic E-state index is 10.8. The fraction of sp³-hybridized carbons (Fsp3) is 0.462. The van der Waals surface area contributed by atoms with Crippen LogP contribution in [-0.2, 0) is 11.3 Å². The van der Waals surface area contributed by atoms with Gasteiger partial charge in [-0.15, -0.1) is 0 Å². The number of benzene rings is 1. The normalized spacial score (nSPS) is 11.9. The molecule has 1 aromatic carbocycles. The van der Waals surface area contributed by atoms with Gasteiger partial charge in [-0.2, -0.15) is 0 Å². The van der Waals surface area contributed by atoms with Crippen molar-refractivity contribution in [2.45, 2.75) is 12.6 Å². The van der Waals surface area contributed by atoms with Gasteiger partial charge in [-0.05, 0) is 13.1 Å². The van der Waals surface area contributed by atoms with E-state index in [1.807, 2.05) is 12.1 Å². The van der Waals surface area contributed by atoms with Crippen molar-refractivity contribution in [3.63, 3.8) is 0 Å². The number of hydrogen-bond acceptors (Lipinski definition) is 5. The zero-order valence-electron chi connectivity index (χ0n) is 11.4. The van der Waals surface area contributed by atoms with Crippen LogP contribution in [0, 0.1) is 0 Å². The van der Waals surface area contributed by atoms with E-state index in [1.165, 1.54) is 0 Å². The van der Waals surface area contributed by atoms with Crippen LogP contribution in [0.15, 0.2) is 18.2 Å². The Labute approximate surface area is 112 Å². The van der Waals surface area contributed by atoms with Crippen molar-refractivity contribution >= 4 is 5.97 Å². The SMILES string of the molecule is CNC(CNCc1ccc(OC)cc1OC)C(=O)O. The van der Waals surface area contributed by atoms with Gasteiger partial charge >= 0.3 is 5.97 Å². The van der Waals surface area contributed by atoms with E-state index in [1.54, 1.807) is 27.3 Å². The summed E-state index contributed by atoms with van der Waals surface area (Å²) >= 11 is 0. The number of likely N-dealkylation sites (N-methyl/N-ethyl adjacent to an activating group) is 1. The summed E-state index contributed by atoms with van der Waals surface area (Å²) in [4.78, 5) is 10.8. The second-order valence-electron chi connectivity index (χ2n) is 3.99. The molecule has 6 nitrogen and oxygen atoms in total. The predicted molar refractivity (Wildman–Crippen MR) is 71.7 cm³/mol. The minimum absolute atomic E-state index is 0.334. The number of carbonyl (C=O) groups is 1. The highest BCUT2D eigenvalue weighted by molar-refractivity contribution is 5.73. The van der Waals surface area contributed by atoms with E-state index in [9.17, 15) is 4.79 Å². The second-order valence-corrected chi connectivity index (χ2v) is 3.99. The number of methoxy groups -OCH3 is 2. The van der Waals surface area contributed by atoms with E-state index in [-0.39, 0.29) is 0 Å². The summed E-state index contributed by atoms with van der Waals surface area (Å²) in [5.74, 6) is 0.555. The first-order valence-corrected chi connectivity index (χ1v) is 5.94. The minimum Gasteiger partial charge on any atom is -0.497 e. The first-order valence-electron chi connectivity index (χ1n) is 5.94. The molecule has 3 N–H and O–H groups in total. The van der Waals surface area contributed by atoms with E-state index in [0.717, 1.165) is 11.3 Å². The van der Waals surface area contributed by atoms with Crippen LogP contribution in [0.3, 0.4) is 0 Å². The molecule has 0 radical (unpaired) electrons. The van der Waals surface area contributed by atoms with E-state index in [2.05, 4.69) is 10.6 Å². The minimum atomic E-state index is -0.878. The lowest BCUT2D eigenvalue weighted by atomic mass is 10.2. The number of rotatable bonds is 8. The summed E-state index contributed by atoms with van der Waals surface area (Å²) in [5, 5.41) is 14.7. The van der Waals surface area contributed by atoms with Crippen LogP contribution in [0.25, 0.3) is 0 Å². The highest BCUT2D eigenvalue weighted by atomic mass is 16.5. The Hall–Kier alpha value is -1.79. The molecule has 1 unspecified atom stereocenters. The topological polar surface area (TPSA) is 79.8 Å². The van der Waals surface area contributed by atoms with E-state index in [0.29, 0.717) is 18.8 Å². The van der Waals surface area contributed by atoms with Gasteiger partial charge in [0.05, 0.1) is 14.2 Å². The Balaban J connectivity index is 2.60. The third-order valence-electron chi connectivity index (χ3n) is 2.80. The number of ether oxygens (including phenoxy) is 2. The number of carboxylic acid groups (broad SMARTS) is 1. The molecule has 0 fully saturated rings. The summed E-state index contributed by atoms with van der Waals surface area (Å²) in [5.41, 5.74) is 0.948. The first kappa shape index (κ1) is 15.3. The lowest BCUT2D eigenvalue weighted by molar-refractivity contribution is -0.139. The summed E-state index contributed by atoms with van der Waals surface area (Å²) in [6, 6.07) is 4.92. The zero-order chi connectivity index (χ0) is 14.3. The molecule has 1 rings (SSSR count). The van der Waals surface area contributed by atoms with Crippen LogP contribution >= 0.6 is 0 Å². The van der Waals surface area contributed by atoms with Crippen LogP contribution in [0.5, 0.6) is 11.5 Å². The van der Waals surface area contributed by atoms with Crippen molar-refractivity contribution in [2.24, 2.45) is 0 Å². The summed E-state index contributed by atoms with van der Waals surface area (Å²) in [6.07, 6.45) is 0. The average Bonchev–Trinajstić information content (AvgIpc) is 2.43. The number of nitrogens with one attached hydrogen (secondary N) is 2. The van der Waals surface area contributed by atoms with Gasteiger partial charge in [-0.3, -0.25) is 4.79 Å². The lowest BCUT2D eigenvalue weighted by Gasteiger charge is -2.14. The molecular formula is C13H20N2O4. The first-order chi connectivity index (χ1) is 9.12. The van der Waals surface area contributed by atoms with Crippen LogP contribution in [0.4, 0.5) is 0 Å². The Kier molecular flexibility index (Phi) is 6.11. The molecule has 0 heterocycles. The molecule has 0 aliphatic rings. The number of carboxylic acids is 1. The quantitative estimate of drug-likeness (QED) is 0.636. The van der Waals surface area contributed by atoms with Crippen LogP contribution in [-0.4, -0.2) is 44.9 Å². The van der Waals surface area contributed by atoms with Crippen molar-refractivity contribution in [3.05, 3.63) is 23.8 Å². The molecule has 1 aromatic rings. The zero-order valence-corrected chi connectivity index (χ0v) is 11.4. The van der Waals surface area contributed by atoms with E-state index < -0.39 is 12.0 Å². The van der Waals surface area contributed by atoms with Gasteiger partial charge in [0, 0.05) is 24.7 Å². The van der Waals surface area contributed by atoms with Crippen LogP contribution in [0.1, 0.15) is 5.56 Å². The molecule has 0 bridgehead atoms. The molecule has 106 valence electrons. The number of hydrogen-bond donors (Lipinski definition) is 3. The van der Waals surface area contributed by atoms with Gasteiger partial charge in [-0.25, -0.2) is 0 Å². The standard InChI is InChI=1S/C13H20N2O4/c1-14-11(13(16)17)8-15-7-9-4-5-10(18-2)6-12(9)19-3/h4-6,11,14-15H,7-8H2,1-3H3,(H,16,17). The summed E-state index contributed by atoms with van der Waals surface area (Å²) < 4.78 is 10.4. The van der Waals surface area contributed by atoms with Crippen molar-refractivity contribution in [2.75, 3.05) is 27.8 Å². The van der Waals surface area contributed by atoms with Gasteiger partial charge in [0.1, 0.15) is 17.5 Å². The molecule has 0 aliphatic carbocycles. The highest BCUT2D eigenvalue weighted by Crippen LogP contribution is 2.24. The van der Waals surface area contributed by atoms with Gasteiger partial charge in [0.25, 0.3) is 0 Å². The largest absolute Gasteiger partial charge is 0.497 e. The Bertz CT molecular complexity index is 423. The molecule has 19 heavy (non-hydrogen) atoms. The predicted octanol–water partition coefficient (Wildman–Crippen LogP) is 0.466. The Morgan fingerprint density at radius 1 is 1.37 bits per heavy atom. The van der Waals surface area contributed by atoms with Crippen LogP contribution in [0.2, 0.25) is 0 Å². The fourth-order valence-electron chi connectivity index (χ4n) is 1.66. The molecule has 0 saturated heterocycles. The van der Waals surface area contributed by atoms with Crippen LogP contribution < -0.4 is 20.1 Å². The van der Waals surface area contributed by atoms with E-state index in [4.69, 9.17) is 14.6 Å². The molecule has 1 atom stereocenters. The number of aliphatic carboxylic acids is 1. The maximum Gasteiger partial charge on any atom is 0.322 e. The molecule has 0 aromatic heterocycles. The third kappa shape index (κ3) is 4.42. The maximum atomic E-state index is 10.8. The van der Waals surface area contributed by atoms with Gasteiger partial charge < -0.3 is 25.2 Å². The lowest BCUT2D eigenvalue weighted by Crippen LogP contribution is -2.42. The van der Waals surface area contributed by atoms with E-state index >= 15 is 0 Å². The second kappa shape index (κ2) is 7.60. The summed E-state index contributed by atoms with van der Waals surface area (Å²) in [7, 11) is 4.80. The summed E-state index contributed by atoms with van der Waals surface area (Å²) in [6.45, 7) is 0.861. The molecule has 0 amide bonds. The fourth-order valence-corrected chi connectivity index (χ4v) is 1.66.